The Kier molecular flexibility index (Phi) is 12.6. The molecule has 0 saturated carbocycles. The van der Waals surface area contributed by atoms with E-state index >= 15 is 0 Å². The van der Waals surface area contributed by atoms with Gasteiger partial charge in [0.15, 0.2) is 11.6 Å². The largest absolute Gasteiger partial charge is 0.386 e. The van der Waals surface area contributed by atoms with Crippen LogP contribution in [-0.2, 0) is 27.2 Å². The number of esters is 2. The number of halogens is 6. The number of carbonyl (C=O) groups excluding carboxylic acids is 4. The number of nitrogens with one attached hydrogen (secondary N) is 2. The molecule has 4 aromatic carbocycles. The van der Waals surface area contributed by atoms with Crippen LogP contribution in [0.3, 0.4) is 0 Å². The highest BCUT2D eigenvalue weighted by molar-refractivity contribution is 9.10. The van der Waals surface area contributed by atoms with Gasteiger partial charge in [-0.2, -0.15) is 0 Å². The van der Waals surface area contributed by atoms with E-state index in [1.807, 2.05) is 0 Å². The molecule has 2 aromatic heterocycles. The summed E-state index contributed by atoms with van der Waals surface area (Å²) < 4.78 is 61.0. The molecule has 2 heterocycles. The maximum atomic E-state index is 14.2. The van der Waals surface area contributed by atoms with Gasteiger partial charge >= 0.3 is 11.9 Å². The van der Waals surface area contributed by atoms with E-state index in [0.29, 0.717) is 32.8 Å². The Bertz CT molecular complexity index is 2420. The highest BCUT2D eigenvalue weighted by Crippen LogP contribution is 2.40. The monoisotopic (exact) mass is 868 g/mol. The third-order valence-electron chi connectivity index (χ3n) is 8.25. The van der Waals surface area contributed by atoms with Crippen LogP contribution in [0, 0.1) is 23.3 Å². The first-order valence-corrected chi connectivity index (χ1v) is 19.3. The zero-order valence-corrected chi connectivity index (χ0v) is 32.2. The van der Waals surface area contributed by atoms with Crippen LogP contribution in [-0.4, -0.2) is 23.8 Å². The molecule has 0 radical (unpaired) electrons. The van der Waals surface area contributed by atoms with Crippen molar-refractivity contribution in [2.24, 2.45) is 0 Å². The second-order valence-electron chi connectivity index (χ2n) is 12.0. The minimum atomic E-state index is -1.11. The van der Waals surface area contributed by atoms with Crippen LogP contribution < -0.4 is 10.6 Å². The molecule has 0 aliphatic heterocycles. The number of anilines is 2. The summed E-state index contributed by atoms with van der Waals surface area (Å²) >= 11 is 11.5. The van der Waals surface area contributed by atoms with Crippen molar-refractivity contribution in [1.29, 1.82) is 0 Å². The van der Waals surface area contributed by atoms with E-state index in [9.17, 15) is 36.7 Å². The molecule has 6 aromatic rings. The number of hydrogen-bond donors (Lipinski definition) is 2. The Balaban J connectivity index is 1.27. The van der Waals surface area contributed by atoms with Crippen LogP contribution >= 0.6 is 50.2 Å². The smallest absolute Gasteiger partial charge is 0.349 e. The lowest BCUT2D eigenvalue weighted by Gasteiger charge is -2.12. The van der Waals surface area contributed by atoms with Crippen LogP contribution in [0.25, 0.3) is 22.3 Å². The van der Waals surface area contributed by atoms with Gasteiger partial charge < -0.3 is 15.4 Å². The van der Waals surface area contributed by atoms with E-state index in [4.69, 9.17) is 16.3 Å². The zero-order chi connectivity index (χ0) is 39.2. The van der Waals surface area contributed by atoms with Crippen molar-refractivity contribution in [2.75, 3.05) is 10.6 Å². The summed E-state index contributed by atoms with van der Waals surface area (Å²) in [5, 5.41) is 9.12. The molecule has 0 unspecified atom stereocenters. The lowest BCUT2D eigenvalue weighted by atomic mass is 10.0. The van der Waals surface area contributed by atoms with E-state index in [1.165, 1.54) is 12.1 Å². The fourth-order valence-corrected chi connectivity index (χ4v) is 7.82. The van der Waals surface area contributed by atoms with Gasteiger partial charge in [-0.25, -0.2) is 27.2 Å². The van der Waals surface area contributed by atoms with Crippen molar-refractivity contribution in [3.8, 4) is 22.3 Å². The molecule has 2 amide bonds. The van der Waals surface area contributed by atoms with Gasteiger partial charge in [-0.15, -0.1) is 22.7 Å². The second-order valence-corrected chi connectivity index (χ2v) is 15.1. The van der Waals surface area contributed by atoms with Gasteiger partial charge in [0, 0.05) is 50.3 Å². The fraction of sp³-hybridized carbons (Fsp3) is 0.100. The van der Waals surface area contributed by atoms with E-state index in [2.05, 4.69) is 26.6 Å². The second kappa shape index (κ2) is 17.5. The van der Waals surface area contributed by atoms with Crippen LogP contribution in [0.15, 0.2) is 100 Å². The molecular weight excluding hydrogens is 844 g/mol. The summed E-state index contributed by atoms with van der Waals surface area (Å²) in [6.07, 6.45) is -0.335. The number of rotatable bonds is 12. The highest BCUT2D eigenvalue weighted by atomic mass is 79.9. The minimum Gasteiger partial charge on any atom is -0.386 e. The van der Waals surface area contributed by atoms with Crippen molar-refractivity contribution in [3.05, 3.63) is 151 Å². The molecule has 0 fully saturated rings. The van der Waals surface area contributed by atoms with Gasteiger partial charge in [-0.1, -0.05) is 63.9 Å². The Morgan fingerprint density at radius 3 is 1.73 bits per heavy atom. The van der Waals surface area contributed by atoms with Crippen LogP contribution in [0.1, 0.15) is 44.7 Å². The molecule has 55 heavy (non-hydrogen) atoms. The van der Waals surface area contributed by atoms with Crippen molar-refractivity contribution in [3.63, 3.8) is 0 Å². The number of aryl methyl sites for hydroxylation is 2. The molecule has 0 spiro atoms. The zero-order valence-electron chi connectivity index (χ0n) is 28.2. The standard InChI is InChI=1S/C40H26BrClF4N2O5S2/c41-25-9-3-22(4-10-25)28-19-54-38(48-34(50)16-8-24-7-13-27(43)18-31(24)45)35(28)39(51)53-40(52)36-29(23-5-11-26(42)12-6-23)20-55-37(36)47-33(49)15-2-21-1-14-30(44)32(46)17-21/h1,3-7,9-14,17-20H,2,8,15-16H2,(H,47,49)(H,48,50). The summed E-state index contributed by atoms with van der Waals surface area (Å²) in [7, 11) is 0. The SMILES string of the molecule is O=C(CCc1ccc(F)c(F)c1)Nc1scc(-c2ccc(Cl)cc2)c1C(=O)OC(=O)c1c(-c2ccc(Br)cc2)csc1NC(=O)CCc1ccc(F)cc1F. The third-order valence-corrected chi connectivity index (χ3v) is 10.8. The molecular formula is C40H26BrClF4N2O5S2. The fourth-order valence-electron chi connectivity index (χ4n) is 5.48. The van der Waals surface area contributed by atoms with Gasteiger partial charge in [0.1, 0.15) is 32.8 Å². The summed E-state index contributed by atoms with van der Waals surface area (Å²) in [6.45, 7) is 0. The Morgan fingerprint density at radius 1 is 0.636 bits per heavy atom. The predicted molar refractivity (Wildman–Crippen MR) is 209 cm³/mol. The molecule has 7 nitrogen and oxygen atoms in total. The quantitative estimate of drug-likeness (QED) is 0.0725. The molecule has 15 heteroatoms. The van der Waals surface area contributed by atoms with E-state index in [-0.39, 0.29) is 52.4 Å². The summed E-state index contributed by atoms with van der Waals surface area (Å²) in [5.74, 6) is -6.94. The van der Waals surface area contributed by atoms with E-state index < -0.39 is 47.0 Å². The highest BCUT2D eigenvalue weighted by Gasteiger charge is 2.29. The van der Waals surface area contributed by atoms with Crippen molar-refractivity contribution < 1.29 is 41.5 Å². The van der Waals surface area contributed by atoms with Crippen LogP contribution in [0.2, 0.25) is 5.02 Å². The predicted octanol–water partition coefficient (Wildman–Crippen LogP) is 11.3. The third kappa shape index (κ3) is 9.75. The molecule has 0 aliphatic carbocycles. The first-order chi connectivity index (χ1) is 26.4. The first kappa shape index (κ1) is 39.5. The number of thiophene rings is 2. The van der Waals surface area contributed by atoms with Crippen LogP contribution in [0.4, 0.5) is 27.6 Å². The number of carbonyl (C=O) groups is 4. The molecule has 0 aliphatic rings. The maximum absolute atomic E-state index is 14.2. The van der Waals surface area contributed by atoms with Gasteiger partial charge in [0.2, 0.25) is 11.8 Å². The molecule has 6 rings (SSSR count). The van der Waals surface area contributed by atoms with Gasteiger partial charge in [-0.3, -0.25) is 9.59 Å². The minimum absolute atomic E-state index is 0.0535. The molecule has 0 saturated heterocycles. The topological polar surface area (TPSA) is 102 Å². The molecule has 0 bridgehead atoms. The average molecular weight is 870 g/mol. The number of ether oxygens (including phenoxy) is 1. The number of amides is 2. The Labute approximate surface area is 333 Å². The van der Waals surface area contributed by atoms with E-state index in [1.54, 1.807) is 59.3 Å². The molecule has 2 N–H and O–H groups in total. The van der Waals surface area contributed by atoms with Gasteiger partial charge in [0.05, 0.1) is 0 Å². The van der Waals surface area contributed by atoms with Gasteiger partial charge in [-0.05, 0) is 77.6 Å². The lowest BCUT2D eigenvalue weighted by Crippen LogP contribution is -2.19. The number of benzene rings is 4. The van der Waals surface area contributed by atoms with E-state index in [0.717, 1.165) is 51.4 Å². The summed E-state index contributed by atoms with van der Waals surface area (Å²) in [5.41, 5.74) is 2.03. The summed E-state index contributed by atoms with van der Waals surface area (Å²) in [4.78, 5) is 54.2. The van der Waals surface area contributed by atoms with Crippen molar-refractivity contribution in [2.45, 2.75) is 25.7 Å². The average Bonchev–Trinajstić information content (AvgIpc) is 3.77. The Hall–Kier alpha value is -5.15. The number of hydrogen-bond acceptors (Lipinski definition) is 7. The van der Waals surface area contributed by atoms with Crippen LogP contribution in [0.5, 0.6) is 0 Å². The van der Waals surface area contributed by atoms with Crippen molar-refractivity contribution in [1.82, 2.24) is 0 Å². The molecule has 0 atom stereocenters. The molecule has 280 valence electrons. The van der Waals surface area contributed by atoms with Gasteiger partial charge in [0.25, 0.3) is 0 Å². The lowest BCUT2D eigenvalue weighted by molar-refractivity contribution is -0.117. The normalized spacial score (nSPS) is 10.9. The van der Waals surface area contributed by atoms with Crippen molar-refractivity contribution >= 4 is 84.0 Å². The summed E-state index contributed by atoms with van der Waals surface area (Å²) in [6, 6.07) is 19.8. The maximum Gasteiger partial charge on any atom is 0.349 e. The Morgan fingerprint density at radius 2 is 1.18 bits per heavy atom. The first-order valence-electron chi connectivity index (χ1n) is 16.3.